The summed E-state index contributed by atoms with van der Waals surface area (Å²) in [6.45, 7) is 7.88. The number of ether oxygens (including phenoxy) is 1. The van der Waals surface area contributed by atoms with E-state index >= 15 is 0 Å². The lowest BCUT2D eigenvalue weighted by molar-refractivity contribution is -0.0660. The number of hydrogen-bond acceptors (Lipinski definition) is 9. The third-order valence-corrected chi connectivity index (χ3v) is 9.97. The lowest BCUT2D eigenvalue weighted by Crippen LogP contribution is -2.56. The Morgan fingerprint density at radius 2 is 1.93 bits per heavy atom. The van der Waals surface area contributed by atoms with E-state index in [0.717, 1.165) is 98.7 Å². The lowest BCUT2D eigenvalue weighted by Gasteiger charge is -2.43. The average molecular weight is 571 g/mol. The van der Waals surface area contributed by atoms with Crippen molar-refractivity contribution in [2.45, 2.75) is 24.9 Å². The third-order valence-electron chi connectivity index (χ3n) is 9.08. The molecule has 11 heteroatoms. The van der Waals surface area contributed by atoms with E-state index < -0.39 is 0 Å². The summed E-state index contributed by atoms with van der Waals surface area (Å²) in [6.07, 6.45) is 6.09. The maximum absolute atomic E-state index is 14.1. The van der Waals surface area contributed by atoms with Crippen molar-refractivity contribution in [3.8, 4) is 21.8 Å². The van der Waals surface area contributed by atoms with Gasteiger partial charge in [0.05, 0.1) is 47.3 Å². The van der Waals surface area contributed by atoms with Crippen molar-refractivity contribution in [3.63, 3.8) is 0 Å². The fraction of sp³-hybridized carbons (Fsp3) is 0.467. The minimum Gasteiger partial charge on any atom is -0.378 e. The number of nitrogens with one attached hydrogen (secondary N) is 1. The first-order chi connectivity index (χ1) is 20.2. The molecule has 9 rings (SSSR count). The number of piperidine rings is 1. The van der Waals surface area contributed by atoms with Crippen molar-refractivity contribution in [1.82, 2.24) is 34.7 Å². The molecule has 10 nitrogen and oxygen atoms in total. The number of hydrogen-bond donors (Lipinski definition) is 1. The fourth-order valence-electron chi connectivity index (χ4n) is 6.59. The molecule has 0 aliphatic carbocycles. The first-order valence-electron chi connectivity index (χ1n) is 14.7. The Bertz CT molecular complexity index is 1540. The zero-order valence-electron chi connectivity index (χ0n) is 23.0. The van der Waals surface area contributed by atoms with Gasteiger partial charge in [-0.25, -0.2) is 14.5 Å². The molecule has 212 valence electrons. The predicted octanol–water partition coefficient (Wildman–Crippen LogP) is 2.86. The zero-order chi connectivity index (χ0) is 27.3. The van der Waals surface area contributed by atoms with Gasteiger partial charge in [0.2, 0.25) is 0 Å². The normalized spacial score (nSPS) is 23.6. The smallest absolute Gasteiger partial charge is 0.254 e. The van der Waals surface area contributed by atoms with Gasteiger partial charge in [0.1, 0.15) is 5.82 Å². The molecule has 1 N–H and O–H groups in total. The Morgan fingerprint density at radius 1 is 1.02 bits per heavy atom. The van der Waals surface area contributed by atoms with Crippen LogP contribution < -0.4 is 10.2 Å². The number of rotatable bonds is 5. The topological polar surface area (TPSA) is 91.1 Å². The van der Waals surface area contributed by atoms with Gasteiger partial charge in [-0.3, -0.25) is 9.69 Å². The van der Waals surface area contributed by atoms with Crippen LogP contribution >= 0.6 is 11.3 Å². The average Bonchev–Trinajstić information content (AvgIpc) is 3.58. The molecule has 0 spiro atoms. The molecule has 5 aliphatic heterocycles. The SMILES string of the molecule is O=C(c1cc(-c2cnn3ccc(-c4cccs4)nc23)nc(N2CCN(C3COC3)CC2)c1)N1C[C@H]2CC[C@@H](C1)NC2. The Morgan fingerprint density at radius 3 is 2.68 bits per heavy atom. The number of piperazine rings is 1. The van der Waals surface area contributed by atoms with Crippen LogP contribution in [0.15, 0.2) is 48.1 Å². The van der Waals surface area contributed by atoms with Gasteiger partial charge < -0.3 is 19.9 Å². The summed E-state index contributed by atoms with van der Waals surface area (Å²) in [4.78, 5) is 32.2. The number of carbonyl (C=O) groups is 1. The molecule has 5 saturated heterocycles. The van der Waals surface area contributed by atoms with Crippen LogP contribution in [0, 0.1) is 5.92 Å². The Balaban J connectivity index is 1.17. The van der Waals surface area contributed by atoms with Gasteiger partial charge in [-0.05, 0) is 54.9 Å². The van der Waals surface area contributed by atoms with E-state index in [1.165, 1.54) is 6.42 Å². The van der Waals surface area contributed by atoms with Crippen molar-refractivity contribution in [2.75, 3.05) is 63.9 Å². The summed E-state index contributed by atoms with van der Waals surface area (Å²) < 4.78 is 7.22. The molecular weight excluding hydrogens is 536 g/mol. The number of carbonyl (C=O) groups excluding carboxylic acids is 1. The van der Waals surface area contributed by atoms with Gasteiger partial charge in [-0.1, -0.05) is 6.07 Å². The molecule has 0 unspecified atom stereocenters. The molecule has 1 amide bonds. The van der Waals surface area contributed by atoms with E-state index in [4.69, 9.17) is 14.7 Å². The molecule has 2 atom stereocenters. The minimum atomic E-state index is 0.0875. The predicted molar refractivity (Wildman–Crippen MR) is 158 cm³/mol. The molecule has 4 aromatic heterocycles. The standard InChI is InChI=1S/C30H34N8O2S/c39-30(37-16-20-3-4-22(17-37)31-14-20)21-12-26(33-28(13-21)36-9-7-35(8-10-36)23-18-40-19-23)24-15-32-38-6-5-25(34-29(24)38)27-2-1-11-41-27/h1-2,5-6,11-13,15,20,22-23,31H,3-4,7-10,14,16-19H2/t20-,22-/m0/s1. The van der Waals surface area contributed by atoms with Crippen LogP contribution in [0.2, 0.25) is 0 Å². The summed E-state index contributed by atoms with van der Waals surface area (Å²) in [7, 11) is 0. The van der Waals surface area contributed by atoms with Crippen LogP contribution in [-0.2, 0) is 4.74 Å². The van der Waals surface area contributed by atoms with Crippen LogP contribution in [0.25, 0.3) is 27.5 Å². The maximum atomic E-state index is 14.1. The highest BCUT2D eigenvalue weighted by molar-refractivity contribution is 7.13. The fourth-order valence-corrected chi connectivity index (χ4v) is 7.28. The van der Waals surface area contributed by atoms with E-state index in [1.807, 2.05) is 36.7 Å². The highest BCUT2D eigenvalue weighted by Crippen LogP contribution is 2.31. The quantitative estimate of drug-likeness (QED) is 0.392. The molecular formula is C30H34N8O2S. The number of anilines is 1. The van der Waals surface area contributed by atoms with E-state index in [2.05, 4.69) is 36.6 Å². The van der Waals surface area contributed by atoms with Crippen molar-refractivity contribution < 1.29 is 9.53 Å². The van der Waals surface area contributed by atoms with Crippen LogP contribution in [0.1, 0.15) is 23.2 Å². The first-order valence-corrected chi connectivity index (χ1v) is 15.6. The molecule has 2 bridgehead atoms. The highest BCUT2D eigenvalue weighted by atomic mass is 32.1. The first kappa shape index (κ1) is 25.3. The summed E-state index contributed by atoms with van der Waals surface area (Å²) in [6, 6.07) is 11.0. The zero-order valence-corrected chi connectivity index (χ0v) is 23.8. The minimum absolute atomic E-state index is 0.0875. The van der Waals surface area contributed by atoms with Crippen molar-refractivity contribution in [3.05, 3.63) is 53.7 Å². The molecule has 5 fully saturated rings. The van der Waals surface area contributed by atoms with Crippen molar-refractivity contribution in [2.24, 2.45) is 5.92 Å². The van der Waals surface area contributed by atoms with Gasteiger partial charge >= 0.3 is 0 Å². The number of nitrogens with zero attached hydrogens (tertiary/aromatic N) is 7. The van der Waals surface area contributed by atoms with Crippen LogP contribution in [-0.4, -0.2) is 106 Å². The van der Waals surface area contributed by atoms with Crippen molar-refractivity contribution in [1.29, 1.82) is 0 Å². The monoisotopic (exact) mass is 570 g/mol. The van der Waals surface area contributed by atoms with Gasteiger partial charge in [0.15, 0.2) is 5.65 Å². The second-order valence-corrected chi connectivity index (χ2v) is 12.6. The van der Waals surface area contributed by atoms with Gasteiger partial charge in [-0.15, -0.1) is 11.3 Å². The summed E-state index contributed by atoms with van der Waals surface area (Å²) in [5, 5.41) is 10.3. The molecule has 9 heterocycles. The van der Waals surface area contributed by atoms with Gasteiger partial charge in [-0.2, -0.15) is 5.10 Å². The Kier molecular flexibility index (Phi) is 6.47. The second kappa shape index (κ2) is 10.5. The second-order valence-electron chi connectivity index (χ2n) is 11.7. The van der Waals surface area contributed by atoms with Gasteiger partial charge in [0, 0.05) is 57.1 Å². The van der Waals surface area contributed by atoms with Crippen molar-refractivity contribution >= 4 is 28.7 Å². The number of pyridine rings is 1. The number of fused-ring (bicyclic) bond motifs is 5. The number of amides is 1. The van der Waals surface area contributed by atoms with E-state index in [-0.39, 0.29) is 5.91 Å². The molecule has 0 saturated carbocycles. The molecule has 0 aromatic carbocycles. The molecule has 41 heavy (non-hydrogen) atoms. The molecule has 0 radical (unpaired) electrons. The van der Waals surface area contributed by atoms with E-state index in [9.17, 15) is 4.79 Å². The lowest BCUT2D eigenvalue weighted by atomic mass is 9.97. The van der Waals surface area contributed by atoms with Crippen LogP contribution in [0.3, 0.4) is 0 Å². The number of aromatic nitrogens is 4. The van der Waals surface area contributed by atoms with Crippen LogP contribution in [0.4, 0.5) is 5.82 Å². The van der Waals surface area contributed by atoms with E-state index in [0.29, 0.717) is 23.6 Å². The van der Waals surface area contributed by atoms with Gasteiger partial charge in [0.25, 0.3) is 5.91 Å². The summed E-state index contributed by atoms with van der Waals surface area (Å²) in [5.41, 5.74) is 3.91. The number of thiophene rings is 1. The summed E-state index contributed by atoms with van der Waals surface area (Å²) >= 11 is 1.67. The third kappa shape index (κ3) is 4.80. The molecule has 4 aromatic rings. The Labute approximate surface area is 242 Å². The molecule has 5 aliphatic rings. The maximum Gasteiger partial charge on any atom is 0.254 e. The van der Waals surface area contributed by atoms with E-state index in [1.54, 1.807) is 15.9 Å². The largest absolute Gasteiger partial charge is 0.378 e. The van der Waals surface area contributed by atoms with Crippen LogP contribution in [0.5, 0.6) is 0 Å². The Hall–Kier alpha value is -3.38. The highest BCUT2D eigenvalue weighted by Gasteiger charge is 2.33. The summed E-state index contributed by atoms with van der Waals surface area (Å²) in [5.74, 6) is 1.45.